The van der Waals surface area contributed by atoms with Crippen molar-refractivity contribution < 1.29 is 4.42 Å². The number of benzene rings is 8. The summed E-state index contributed by atoms with van der Waals surface area (Å²) in [4.78, 5) is 9.48. The zero-order chi connectivity index (χ0) is 32.3. The number of nitrogens with zero attached hydrogens (tertiary/aromatic N) is 2. The molecular weight excluding hydrogens is 597 g/mol. The van der Waals surface area contributed by atoms with Crippen LogP contribution in [0, 0.1) is 0 Å². The molecule has 0 aliphatic carbocycles. The molecule has 0 N–H and O–H groups in total. The molecule has 0 aliphatic heterocycles. The summed E-state index contributed by atoms with van der Waals surface area (Å²) in [7, 11) is 0. The van der Waals surface area contributed by atoms with Gasteiger partial charge in [-0.2, -0.15) is 0 Å². The van der Waals surface area contributed by atoms with Crippen LogP contribution in [0.5, 0.6) is 0 Å². The Hall–Kier alpha value is -6.58. The second-order valence-electron chi connectivity index (χ2n) is 12.6. The second kappa shape index (κ2) is 11.0. The van der Waals surface area contributed by atoms with E-state index in [2.05, 4.69) is 146 Å². The Morgan fingerprint density at radius 3 is 1.59 bits per heavy atom. The van der Waals surface area contributed by atoms with E-state index >= 15 is 0 Å². The zero-order valence-electron chi connectivity index (χ0n) is 26.5. The summed E-state index contributed by atoms with van der Waals surface area (Å²) >= 11 is 0. The van der Waals surface area contributed by atoms with Crippen molar-refractivity contribution in [3.63, 3.8) is 0 Å². The highest BCUT2D eigenvalue weighted by molar-refractivity contribution is 6.23. The second-order valence-corrected chi connectivity index (χ2v) is 12.6. The predicted octanol–water partition coefficient (Wildman–Crippen LogP) is 12.5. The number of hydrogen-bond donors (Lipinski definition) is 0. The van der Waals surface area contributed by atoms with Crippen LogP contribution in [0.3, 0.4) is 0 Å². The van der Waals surface area contributed by atoms with Gasteiger partial charge < -0.3 is 4.42 Å². The van der Waals surface area contributed by atoms with Gasteiger partial charge in [0, 0.05) is 39.5 Å². The Kier molecular flexibility index (Phi) is 6.18. The SMILES string of the molecule is c1cc(-c2ccc(-c3ccc(-c4cccc5c4oc4ccccc45)cc3)cc2)cc(-c2ccc3c4ccccc4c4nccnc4c3c2)c1. The molecule has 0 amide bonds. The van der Waals surface area contributed by atoms with Crippen molar-refractivity contribution in [1.29, 1.82) is 0 Å². The smallest absolute Gasteiger partial charge is 0.143 e. The summed E-state index contributed by atoms with van der Waals surface area (Å²) in [6.45, 7) is 0. The van der Waals surface area contributed by atoms with Gasteiger partial charge >= 0.3 is 0 Å². The standard InChI is InChI=1S/C46H28N2O/c1-2-11-40-37(9-1)38-24-23-35(28-42(38)45-44(40)47-25-26-48-45)34-8-5-7-33(27-34)31-17-15-29(16-18-31)30-19-21-32(22-20-30)36-12-6-13-41-39-10-3-4-14-43(39)49-46(36)41/h1-28H. The van der Waals surface area contributed by atoms with Crippen molar-refractivity contribution >= 4 is 54.5 Å². The molecule has 8 aromatic carbocycles. The van der Waals surface area contributed by atoms with E-state index in [4.69, 9.17) is 14.4 Å². The van der Waals surface area contributed by atoms with Gasteiger partial charge in [-0.15, -0.1) is 0 Å². The fraction of sp³-hybridized carbons (Fsp3) is 0. The largest absolute Gasteiger partial charge is 0.455 e. The van der Waals surface area contributed by atoms with Crippen LogP contribution in [0.15, 0.2) is 175 Å². The molecule has 0 aliphatic rings. The minimum atomic E-state index is 0.918. The third kappa shape index (κ3) is 4.51. The molecule has 228 valence electrons. The molecule has 0 radical (unpaired) electrons. The Balaban J connectivity index is 0.963. The first-order chi connectivity index (χ1) is 24.3. The maximum absolute atomic E-state index is 6.29. The molecular formula is C46H28N2O. The van der Waals surface area contributed by atoms with Crippen LogP contribution in [-0.2, 0) is 0 Å². The minimum absolute atomic E-state index is 0.918. The maximum Gasteiger partial charge on any atom is 0.143 e. The van der Waals surface area contributed by atoms with Crippen molar-refractivity contribution in [2.75, 3.05) is 0 Å². The summed E-state index contributed by atoms with van der Waals surface area (Å²) in [5.74, 6) is 0. The van der Waals surface area contributed by atoms with Crippen molar-refractivity contribution in [1.82, 2.24) is 9.97 Å². The lowest BCUT2D eigenvalue weighted by Crippen LogP contribution is -1.89. The van der Waals surface area contributed by atoms with Gasteiger partial charge in [-0.3, -0.25) is 9.97 Å². The highest BCUT2D eigenvalue weighted by Crippen LogP contribution is 2.38. The molecule has 2 aromatic heterocycles. The number of furan rings is 1. The van der Waals surface area contributed by atoms with Gasteiger partial charge in [0.15, 0.2) is 0 Å². The molecule has 0 spiro atoms. The fourth-order valence-corrected chi connectivity index (χ4v) is 7.36. The van der Waals surface area contributed by atoms with Gasteiger partial charge in [-0.05, 0) is 67.9 Å². The lowest BCUT2D eigenvalue weighted by Gasteiger charge is -2.12. The van der Waals surface area contributed by atoms with Crippen LogP contribution in [0.4, 0.5) is 0 Å². The molecule has 2 heterocycles. The van der Waals surface area contributed by atoms with Crippen molar-refractivity contribution in [2.45, 2.75) is 0 Å². The lowest BCUT2D eigenvalue weighted by atomic mass is 9.94. The average molecular weight is 625 g/mol. The molecule has 0 unspecified atom stereocenters. The molecule has 0 bridgehead atoms. The van der Waals surface area contributed by atoms with E-state index < -0.39 is 0 Å². The van der Waals surface area contributed by atoms with E-state index in [-0.39, 0.29) is 0 Å². The van der Waals surface area contributed by atoms with Crippen LogP contribution in [0.25, 0.3) is 99.0 Å². The van der Waals surface area contributed by atoms with Crippen molar-refractivity contribution in [3.05, 3.63) is 170 Å². The van der Waals surface area contributed by atoms with E-state index in [1.54, 1.807) is 12.4 Å². The van der Waals surface area contributed by atoms with E-state index in [0.717, 1.165) is 60.4 Å². The topological polar surface area (TPSA) is 38.9 Å². The molecule has 0 atom stereocenters. The van der Waals surface area contributed by atoms with E-state index in [9.17, 15) is 0 Å². The normalized spacial score (nSPS) is 11.7. The average Bonchev–Trinajstić information content (AvgIpc) is 3.57. The van der Waals surface area contributed by atoms with Crippen LogP contribution >= 0.6 is 0 Å². The third-order valence-corrected chi connectivity index (χ3v) is 9.79. The summed E-state index contributed by atoms with van der Waals surface area (Å²) in [6.07, 6.45) is 3.56. The van der Waals surface area contributed by atoms with Gasteiger partial charge in [0.1, 0.15) is 11.2 Å². The first-order valence-corrected chi connectivity index (χ1v) is 16.6. The number of hydrogen-bond acceptors (Lipinski definition) is 3. The van der Waals surface area contributed by atoms with Crippen LogP contribution < -0.4 is 0 Å². The minimum Gasteiger partial charge on any atom is -0.455 e. The molecule has 3 nitrogen and oxygen atoms in total. The monoisotopic (exact) mass is 624 g/mol. The highest BCUT2D eigenvalue weighted by Gasteiger charge is 2.14. The molecule has 0 saturated heterocycles. The highest BCUT2D eigenvalue weighted by atomic mass is 16.3. The van der Waals surface area contributed by atoms with Crippen LogP contribution in [0.1, 0.15) is 0 Å². The fourth-order valence-electron chi connectivity index (χ4n) is 7.36. The third-order valence-electron chi connectivity index (χ3n) is 9.79. The quantitative estimate of drug-likeness (QED) is 0.183. The zero-order valence-corrected chi connectivity index (χ0v) is 26.5. The molecule has 0 fully saturated rings. The molecule has 0 saturated carbocycles. The van der Waals surface area contributed by atoms with Gasteiger partial charge in [0.2, 0.25) is 0 Å². The van der Waals surface area contributed by atoms with Crippen molar-refractivity contribution in [3.8, 4) is 44.5 Å². The summed E-state index contributed by atoms with van der Waals surface area (Å²) in [6, 6.07) is 56.2. The summed E-state index contributed by atoms with van der Waals surface area (Å²) < 4.78 is 6.29. The number of para-hydroxylation sites is 2. The van der Waals surface area contributed by atoms with Gasteiger partial charge in [-0.1, -0.05) is 140 Å². The van der Waals surface area contributed by atoms with Crippen molar-refractivity contribution in [2.24, 2.45) is 0 Å². The van der Waals surface area contributed by atoms with Gasteiger partial charge in [0.05, 0.1) is 11.0 Å². The molecule has 3 heteroatoms. The van der Waals surface area contributed by atoms with E-state index in [1.165, 1.54) is 38.6 Å². The first kappa shape index (κ1) is 27.5. The van der Waals surface area contributed by atoms with Crippen LogP contribution in [-0.4, -0.2) is 9.97 Å². The molecule has 10 rings (SSSR count). The van der Waals surface area contributed by atoms with Gasteiger partial charge in [-0.25, -0.2) is 0 Å². The lowest BCUT2D eigenvalue weighted by molar-refractivity contribution is 0.670. The van der Waals surface area contributed by atoms with E-state index in [1.807, 2.05) is 12.1 Å². The summed E-state index contributed by atoms with van der Waals surface area (Å²) in [5.41, 5.74) is 13.0. The molecule has 49 heavy (non-hydrogen) atoms. The molecule has 10 aromatic rings. The maximum atomic E-state index is 6.29. The van der Waals surface area contributed by atoms with Crippen LogP contribution in [0.2, 0.25) is 0 Å². The summed E-state index contributed by atoms with van der Waals surface area (Å²) in [5, 5.41) is 6.94. The first-order valence-electron chi connectivity index (χ1n) is 16.6. The Bertz CT molecular complexity index is 2830. The number of rotatable bonds is 4. The Morgan fingerprint density at radius 2 is 0.837 bits per heavy atom. The predicted molar refractivity (Wildman–Crippen MR) is 204 cm³/mol. The Morgan fingerprint density at radius 1 is 0.327 bits per heavy atom. The van der Waals surface area contributed by atoms with E-state index in [0.29, 0.717) is 0 Å². The van der Waals surface area contributed by atoms with Gasteiger partial charge in [0.25, 0.3) is 0 Å². The Labute approximate surface area is 282 Å². The number of fused-ring (bicyclic) bond motifs is 9. The number of aromatic nitrogens is 2.